The van der Waals surface area contributed by atoms with E-state index in [1.807, 2.05) is 27.7 Å². The fourth-order valence-corrected chi connectivity index (χ4v) is 4.18. The van der Waals surface area contributed by atoms with Crippen molar-refractivity contribution in [2.75, 3.05) is 19.8 Å². The van der Waals surface area contributed by atoms with Crippen LogP contribution in [0.1, 0.15) is 47.0 Å². The van der Waals surface area contributed by atoms with Gasteiger partial charge in [-0.15, -0.1) is 0 Å². The fraction of sp³-hybridized carbons (Fsp3) is 0.895. The van der Waals surface area contributed by atoms with Crippen LogP contribution in [0.4, 0.5) is 0 Å². The Balaban J connectivity index is 1.36. The first kappa shape index (κ1) is 20.2. The second kappa shape index (κ2) is 7.30. The van der Waals surface area contributed by atoms with Crippen molar-refractivity contribution >= 4 is 11.8 Å². The van der Waals surface area contributed by atoms with Crippen molar-refractivity contribution < 1.29 is 38.0 Å². The predicted octanol–water partition coefficient (Wildman–Crippen LogP) is 0.939. The summed E-state index contributed by atoms with van der Waals surface area (Å²) in [4.78, 5) is 24.8. The first-order valence-electron chi connectivity index (χ1n) is 9.93. The SMILES string of the molecule is CC1(C)OCC([C@H]2O[C@@H]3OC(C)(C)O[C@@H]3[C@H]2OCCCN2C(=O)CCC2=O)O1. The summed E-state index contributed by atoms with van der Waals surface area (Å²) in [5.41, 5.74) is 0. The Bertz CT molecular complexity index is 619. The maximum absolute atomic E-state index is 11.7. The molecule has 0 radical (unpaired) electrons. The lowest BCUT2D eigenvalue weighted by molar-refractivity contribution is -0.236. The number of hydrogen-bond donors (Lipinski definition) is 0. The van der Waals surface area contributed by atoms with Crippen LogP contribution < -0.4 is 0 Å². The van der Waals surface area contributed by atoms with Crippen LogP contribution in [0.2, 0.25) is 0 Å². The van der Waals surface area contributed by atoms with Crippen molar-refractivity contribution in [2.24, 2.45) is 0 Å². The smallest absolute Gasteiger partial charge is 0.229 e. The number of hydrogen-bond acceptors (Lipinski definition) is 8. The molecule has 4 aliphatic heterocycles. The summed E-state index contributed by atoms with van der Waals surface area (Å²) < 4.78 is 35.7. The number of carbonyl (C=O) groups excluding carboxylic acids is 2. The van der Waals surface area contributed by atoms with Crippen LogP contribution in [-0.4, -0.2) is 78.8 Å². The molecule has 28 heavy (non-hydrogen) atoms. The summed E-state index contributed by atoms with van der Waals surface area (Å²) in [6, 6.07) is 0. The third-order valence-corrected chi connectivity index (χ3v) is 5.41. The summed E-state index contributed by atoms with van der Waals surface area (Å²) in [6.07, 6.45) is -0.810. The summed E-state index contributed by atoms with van der Waals surface area (Å²) in [5.74, 6) is -1.64. The van der Waals surface area contributed by atoms with E-state index in [2.05, 4.69) is 0 Å². The van der Waals surface area contributed by atoms with E-state index in [0.29, 0.717) is 39.0 Å². The highest BCUT2D eigenvalue weighted by Crippen LogP contribution is 2.41. The minimum atomic E-state index is -0.747. The molecule has 4 saturated heterocycles. The molecule has 4 rings (SSSR count). The molecule has 9 heteroatoms. The Labute approximate surface area is 164 Å². The fourth-order valence-electron chi connectivity index (χ4n) is 4.18. The molecule has 0 aromatic carbocycles. The molecule has 0 aliphatic carbocycles. The van der Waals surface area contributed by atoms with Crippen molar-refractivity contribution in [1.82, 2.24) is 4.90 Å². The van der Waals surface area contributed by atoms with E-state index in [-0.39, 0.29) is 36.2 Å². The Morgan fingerprint density at radius 3 is 2.36 bits per heavy atom. The van der Waals surface area contributed by atoms with Gasteiger partial charge in [0.15, 0.2) is 17.9 Å². The average Bonchev–Trinajstić information content (AvgIpc) is 3.29. The number of likely N-dealkylation sites (tertiary alicyclic amines) is 1. The van der Waals surface area contributed by atoms with E-state index in [0.717, 1.165) is 0 Å². The Morgan fingerprint density at radius 2 is 1.71 bits per heavy atom. The topological polar surface area (TPSA) is 92.8 Å². The van der Waals surface area contributed by atoms with Gasteiger partial charge in [-0.25, -0.2) is 0 Å². The van der Waals surface area contributed by atoms with Crippen LogP contribution in [0.5, 0.6) is 0 Å². The van der Waals surface area contributed by atoms with Crippen molar-refractivity contribution in [3.05, 3.63) is 0 Å². The van der Waals surface area contributed by atoms with Gasteiger partial charge >= 0.3 is 0 Å². The highest BCUT2D eigenvalue weighted by atomic mass is 16.8. The molecule has 0 N–H and O–H groups in total. The van der Waals surface area contributed by atoms with Crippen LogP contribution in [-0.2, 0) is 38.0 Å². The molecule has 0 spiro atoms. The van der Waals surface area contributed by atoms with Crippen LogP contribution in [0, 0.1) is 0 Å². The maximum Gasteiger partial charge on any atom is 0.229 e. The number of carbonyl (C=O) groups is 2. The second-order valence-corrected chi connectivity index (χ2v) is 8.56. The number of ether oxygens (including phenoxy) is 6. The lowest BCUT2D eigenvalue weighted by Crippen LogP contribution is -2.44. The predicted molar refractivity (Wildman–Crippen MR) is 93.9 cm³/mol. The third kappa shape index (κ3) is 3.96. The second-order valence-electron chi connectivity index (χ2n) is 8.56. The Kier molecular flexibility index (Phi) is 5.26. The zero-order chi connectivity index (χ0) is 20.1. The van der Waals surface area contributed by atoms with E-state index < -0.39 is 17.9 Å². The highest BCUT2D eigenvalue weighted by molar-refractivity contribution is 6.01. The zero-order valence-electron chi connectivity index (χ0n) is 16.8. The quantitative estimate of drug-likeness (QED) is 0.481. The normalized spacial score (nSPS) is 39.1. The summed E-state index contributed by atoms with van der Waals surface area (Å²) in [6.45, 7) is 8.52. The molecule has 9 nitrogen and oxygen atoms in total. The van der Waals surface area contributed by atoms with Gasteiger partial charge in [0, 0.05) is 26.0 Å². The average molecular weight is 399 g/mol. The van der Waals surface area contributed by atoms with E-state index in [9.17, 15) is 9.59 Å². The molecular formula is C19H29NO8. The highest BCUT2D eigenvalue weighted by Gasteiger charge is 2.58. The van der Waals surface area contributed by atoms with Crippen molar-refractivity contribution in [3.63, 3.8) is 0 Å². The first-order chi connectivity index (χ1) is 13.2. The van der Waals surface area contributed by atoms with Crippen molar-refractivity contribution in [3.8, 4) is 0 Å². The van der Waals surface area contributed by atoms with Gasteiger partial charge in [-0.1, -0.05) is 0 Å². The minimum Gasteiger partial charge on any atom is -0.372 e. The largest absolute Gasteiger partial charge is 0.372 e. The van der Waals surface area contributed by atoms with Gasteiger partial charge in [-0.05, 0) is 34.1 Å². The van der Waals surface area contributed by atoms with Gasteiger partial charge in [0.05, 0.1) is 6.61 Å². The van der Waals surface area contributed by atoms with E-state index in [1.54, 1.807) is 0 Å². The van der Waals surface area contributed by atoms with Crippen LogP contribution in [0.3, 0.4) is 0 Å². The molecule has 0 bridgehead atoms. The number of imide groups is 1. The van der Waals surface area contributed by atoms with Gasteiger partial charge in [-0.3, -0.25) is 14.5 Å². The molecule has 0 aromatic rings. The lowest BCUT2D eigenvalue weighted by Gasteiger charge is -2.29. The molecule has 1 unspecified atom stereocenters. The number of rotatable bonds is 6. The maximum atomic E-state index is 11.7. The first-order valence-corrected chi connectivity index (χ1v) is 9.93. The van der Waals surface area contributed by atoms with Gasteiger partial charge in [0.1, 0.15) is 24.4 Å². The van der Waals surface area contributed by atoms with E-state index in [1.165, 1.54) is 4.90 Å². The summed E-state index contributed by atoms with van der Waals surface area (Å²) in [7, 11) is 0. The molecule has 4 fully saturated rings. The standard InChI is InChI=1S/C19H29NO8/c1-18(2)24-10-11(26-18)14-15(16-17(25-14)28-19(3,4)27-16)23-9-5-8-20-12(21)6-7-13(20)22/h11,14-17H,5-10H2,1-4H3/t11?,14-,15+,16-,17-/m1/s1. The minimum absolute atomic E-state index is 0.111. The van der Waals surface area contributed by atoms with Crippen LogP contribution in [0.15, 0.2) is 0 Å². The molecule has 0 aromatic heterocycles. The molecule has 158 valence electrons. The Hall–Kier alpha value is -1.10. The summed E-state index contributed by atoms with van der Waals surface area (Å²) in [5, 5.41) is 0. The van der Waals surface area contributed by atoms with Crippen molar-refractivity contribution in [2.45, 2.75) is 89.2 Å². The van der Waals surface area contributed by atoms with Gasteiger partial charge < -0.3 is 28.4 Å². The van der Waals surface area contributed by atoms with E-state index >= 15 is 0 Å². The number of nitrogens with zero attached hydrogens (tertiary/aromatic N) is 1. The molecular weight excluding hydrogens is 370 g/mol. The van der Waals surface area contributed by atoms with E-state index in [4.69, 9.17) is 28.4 Å². The third-order valence-electron chi connectivity index (χ3n) is 5.41. The molecule has 0 saturated carbocycles. The van der Waals surface area contributed by atoms with Gasteiger partial charge in [-0.2, -0.15) is 0 Å². The monoisotopic (exact) mass is 399 g/mol. The summed E-state index contributed by atoms with van der Waals surface area (Å²) >= 11 is 0. The van der Waals surface area contributed by atoms with Gasteiger partial charge in [0.2, 0.25) is 11.8 Å². The van der Waals surface area contributed by atoms with Crippen molar-refractivity contribution in [1.29, 1.82) is 0 Å². The molecule has 4 aliphatic rings. The van der Waals surface area contributed by atoms with Crippen LogP contribution >= 0.6 is 0 Å². The number of amides is 2. The molecule has 4 heterocycles. The molecule has 2 amide bonds. The van der Waals surface area contributed by atoms with Gasteiger partial charge in [0.25, 0.3) is 0 Å². The zero-order valence-corrected chi connectivity index (χ0v) is 16.8. The molecule has 5 atom stereocenters. The van der Waals surface area contributed by atoms with Crippen LogP contribution in [0.25, 0.3) is 0 Å². The Morgan fingerprint density at radius 1 is 1.00 bits per heavy atom. The lowest BCUT2D eigenvalue weighted by atomic mass is 10.1. The number of fused-ring (bicyclic) bond motifs is 1.